The van der Waals surface area contributed by atoms with Crippen molar-refractivity contribution in [3.05, 3.63) is 30.5 Å². The molecular weight excluding hydrogens is 184 g/mol. The summed E-state index contributed by atoms with van der Waals surface area (Å²) in [7, 11) is 0. The minimum Gasteiger partial charge on any atom is -0.265 e. The van der Waals surface area contributed by atoms with Crippen LogP contribution in [0, 0.1) is 5.92 Å². The maximum absolute atomic E-state index is 4.45. The molecule has 0 saturated carbocycles. The zero-order chi connectivity index (χ0) is 10.7. The molecule has 1 heterocycles. The molecule has 2 nitrogen and oxygen atoms in total. The van der Waals surface area contributed by atoms with Crippen LogP contribution >= 0.6 is 0 Å². The average Bonchev–Trinajstić information content (AvgIpc) is 2.69. The van der Waals surface area contributed by atoms with Crippen LogP contribution in [0.25, 0.3) is 10.9 Å². The van der Waals surface area contributed by atoms with Crippen LogP contribution in [0.5, 0.6) is 0 Å². The van der Waals surface area contributed by atoms with E-state index >= 15 is 0 Å². The van der Waals surface area contributed by atoms with Crippen molar-refractivity contribution in [2.45, 2.75) is 33.2 Å². The van der Waals surface area contributed by atoms with Crippen LogP contribution in [-0.4, -0.2) is 9.78 Å². The smallest absolute Gasteiger partial charge is 0.0682 e. The van der Waals surface area contributed by atoms with Gasteiger partial charge in [0.15, 0.2) is 0 Å². The summed E-state index contributed by atoms with van der Waals surface area (Å²) in [6.07, 6.45) is 4.41. The van der Waals surface area contributed by atoms with Crippen molar-refractivity contribution in [3.63, 3.8) is 0 Å². The van der Waals surface area contributed by atoms with Crippen LogP contribution < -0.4 is 0 Å². The van der Waals surface area contributed by atoms with Gasteiger partial charge in [-0.05, 0) is 12.0 Å². The van der Waals surface area contributed by atoms with Crippen LogP contribution in [0.2, 0.25) is 0 Å². The Bertz CT molecular complexity index is 427. The number of para-hydroxylation sites is 1. The van der Waals surface area contributed by atoms with Crippen LogP contribution in [-0.2, 0) is 6.54 Å². The summed E-state index contributed by atoms with van der Waals surface area (Å²) < 4.78 is 2.13. The second-order valence-electron chi connectivity index (χ2n) is 4.07. The topological polar surface area (TPSA) is 17.8 Å². The highest BCUT2D eigenvalue weighted by Crippen LogP contribution is 2.16. The fraction of sp³-hybridized carbons (Fsp3) is 0.462. The number of hydrogen-bond donors (Lipinski definition) is 0. The Morgan fingerprint density at radius 1 is 1.20 bits per heavy atom. The molecule has 0 aliphatic carbocycles. The van der Waals surface area contributed by atoms with Crippen molar-refractivity contribution in [3.8, 4) is 0 Å². The first-order valence-corrected chi connectivity index (χ1v) is 5.75. The van der Waals surface area contributed by atoms with Gasteiger partial charge in [0.1, 0.15) is 0 Å². The van der Waals surface area contributed by atoms with E-state index in [0.29, 0.717) is 0 Å². The zero-order valence-corrected chi connectivity index (χ0v) is 9.48. The second kappa shape index (κ2) is 4.47. The van der Waals surface area contributed by atoms with E-state index in [0.717, 1.165) is 12.5 Å². The SMILES string of the molecule is CCC(CC)Cn1ncc2ccccc21. The first-order valence-electron chi connectivity index (χ1n) is 5.75. The maximum Gasteiger partial charge on any atom is 0.0682 e. The van der Waals surface area contributed by atoms with Gasteiger partial charge in [-0.15, -0.1) is 0 Å². The molecule has 1 aromatic heterocycles. The number of nitrogens with zero attached hydrogens (tertiary/aromatic N) is 2. The van der Waals surface area contributed by atoms with Crippen molar-refractivity contribution < 1.29 is 0 Å². The molecule has 0 radical (unpaired) electrons. The Balaban J connectivity index is 2.28. The Kier molecular flexibility index (Phi) is 3.05. The third-order valence-corrected chi connectivity index (χ3v) is 3.14. The second-order valence-corrected chi connectivity index (χ2v) is 4.07. The Hall–Kier alpha value is -1.31. The number of rotatable bonds is 4. The minimum atomic E-state index is 0.744. The van der Waals surface area contributed by atoms with Gasteiger partial charge >= 0.3 is 0 Å². The van der Waals surface area contributed by atoms with E-state index in [4.69, 9.17) is 0 Å². The summed E-state index contributed by atoms with van der Waals surface area (Å²) in [4.78, 5) is 0. The summed E-state index contributed by atoms with van der Waals surface area (Å²) in [5, 5.41) is 5.69. The fourth-order valence-corrected chi connectivity index (χ4v) is 1.96. The van der Waals surface area contributed by atoms with E-state index in [2.05, 4.69) is 47.9 Å². The maximum atomic E-state index is 4.45. The number of benzene rings is 1. The van der Waals surface area contributed by atoms with Crippen molar-refractivity contribution >= 4 is 10.9 Å². The molecule has 0 unspecified atom stereocenters. The van der Waals surface area contributed by atoms with E-state index < -0.39 is 0 Å². The average molecular weight is 202 g/mol. The molecule has 0 fully saturated rings. The first kappa shape index (κ1) is 10.2. The lowest BCUT2D eigenvalue weighted by Crippen LogP contribution is -2.10. The lowest BCUT2D eigenvalue weighted by molar-refractivity contribution is 0.403. The summed E-state index contributed by atoms with van der Waals surface area (Å²) >= 11 is 0. The van der Waals surface area contributed by atoms with Gasteiger partial charge in [0.25, 0.3) is 0 Å². The van der Waals surface area contributed by atoms with Gasteiger partial charge in [0, 0.05) is 11.9 Å². The minimum absolute atomic E-state index is 0.744. The molecule has 2 heteroatoms. The molecule has 0 spiro atoms. The first-order chi connectivity index (χ1) is 7.35. The van der Waals surface area contributed by atoms with E-state index in [-0.39, 0.29) is 0 Å². The molecule has 1 aromatic carbocycles. The van der Waals surface area contributed by atoms with E-state index in [1.165, 1.54) is 23.7 Å². The predicted octanol–water partition coefficient (Wildman–Crippen LogP) is 3.47. The van der Waals surface area contributed by atoms with E-state index in [1.807, 2.05) is 6.20 Å². The summed E-state index contributed by atoms with van der Waals surface area (Å²) in [5.74, 6) is 0.744. The van der Waals surface area contributed by atoms with Crippen LogP contribution in [0.3, 0.4) is 0 Å². The van der Waals surface area contributed by atoms with Gasteiger partial charge in [-0.25, -0.2) is 0 Å². The fourth-order valence-electron chi connectivity index (χ4n) is 1.96. The van der Waals surface area contributed by atoms with E-state index in [1.54, 1.807) is 0 Å². The van der Waals surface area contributed by atoms with Gasteiger partial charge in [-0.3, -0.25) is 4.68 Å². The molecule has 0 saturated heterocycles. The van der Waals surface area contributed by atoms with Gasteiger partial charge in [0.05, 0.1) is 11.7 Å². The predicted molar refractivity (Wildman–Crippen MR) is 63.8 cm³/mol. The third-order valence-electron chi connectivity index (χ3n) is 3.14. The normalized spacial score (nSPS) is 11.4. The van der Waals surface area contributed by atoms with E-state index in [9.17, 15) is 0 Å². The Labute approximate surface area is 90.9 Å². The van der Waals surface area contributed by atoms with Crippen LogP contribution in [0.4, 0.5) is 0 Å². The molecular formula is C13H18N2. The van der Waals surface area contributed by atoms with Crippen molar-refractivity contribution in [2.75, 3.05) is 0 Å². The zero-order valence-electron chi connectivity index (χ0n) is 9.48. The van der Waals surface area contributed by atoms with Crippen LogP contribution in [0.1, 0.15) is 26.7 Å². The number of aromatic nitrogens is 2. The highest BCUT2D eigenvalue weighted by molar-refractivity contribution is 5.78. The van der Waals surface area contributed by atoms with Crippen molar-refractivity contribution in [1.29, 1.82) is 0 Å². The molecule has 2 rings (SSSR count). The number of hydrogen-bond acceptors (Lipinski definition) is 1. The Morgan fingerprint density at radius 3 is 2.67 bits per heavy atom. The van der Waals surface area contributed by atoms with Crippen LogP contribution in [0.15, 0.2) is 30.5 Å². The third kappa shape index (κ3) is 2.04. The number of fused-ring (bicyclic) bond motifs is 1. The lowest BCUT2D eigenvalue weighted by atomic mass is 10.0. The van der Waals surface area contributed by atoms with Gasteiger partial charge in [-0.2, -0.15) is 5.10 Å². The van der Waals surface area contributed by atoms with Crippen molar-refractivity contribution in [2.24, 2.45) is 5.92 Å². The monoisotopic (exact) mass is 202 g/mol. The van der Waals surface area contributed by atoms with Gasteiger partial charge in [0.2, 0.25) is 0 Å². The molecule has 2 aromatic rings. The molecule has 15 heavy (non-hydrogen) atoms. The van der Waals surface area contributed by atoms with Gasteiger partial charge in [-0.1, -0.05) is 44.9 Å². The highest BCUT2D eigenvalue weighted by Gasteiger charge is 2.07. The molecule has 80 valence electrons. The van der Waals surface area contributed by atoms with Crippen molar-refractivity contribution in [1.82, 2.24) is 9.78 Å². The molecule has 0 N–H and O–H groups in total. The molecule has 0 amide bonds. The molecule has 0 bridgehead atoms. The lowest BCUT2D eigenvalue weighted by Gasteiger charge is -2.12. The highest BCUT2D eigenvalue weighted by atomic mass is 15.3. The summed E-state index contributed by atoms with van der Waals surface area (Å²) in [5.41, 5.74) is 1.25. The molecule has 0 aliphatic heterocycles. The Morgan fingerprint density at radius 2 is 1.93 bits per heavy atom. The standard InChI is InChI=1S/C13H18N2/c1-3-11(4-2)10-15-13-8-6-5-7-12(13)9-14-15/h5-9,11H,3-4,10H2,1-2H3. The van der Waals surface area contributed by atoms with Gasteiger partial charge < -0.3 is 0 Å². The quantitative estimate of drug-likeness (QED) is 0.742. The largest absolute Gasteiger partial charge is 0.265 e. The molecule has 0 atom stereocenters. The summed E-state index contributed by atoms with van der Waals surface area (Å²) in [6.45, 7) is 5.54. The summed E-state index contributed by atoms with van der Waals surface area (Å²) in [6, 6.07) is 8.40. The molecule has 0 aliphatic rings.